The van der Waals surface area contributed by atoms with Gasteiger partial charge in [0.25, 0.3) is 0 Å². The highest BCUT2D eigenvalue weighted by molar-refractivity contribution is 6.00. The summed E-state index contributed by atoms with van der Waals surface area (Å²) in [5.41, 5.74) is 2.67. The van der Waals surface area contributed by atoms with Gasteiger partial charge in [-0.25, -0.2) is 9.97 Å². The molecule has 2 fully saturated rings. The van der Waals surface area contributed by atoms with E-state index in [9.17, 15) is 4.79 Å². The summed E-state index contributed by atoms with van der Waals surface area (Å²) in [6.45, 7) is 4.34. The number of rotatable bonds is 7. The number of nitrogens with zero attached hydrogens (tertiary/aromatic N) is 6. The predicted molar refractivity (Wildman–Crippen MR) is 131 cm³/mol. The van der Waals surface area contributed by atoms with Crippen LogP contribution in [-0.4, -0.2) is 77.0 Å². The molecule has 0 atom stereocenters. The van der Waals surface area contributed by atoms with E-state index in [2.05, 4.69) is 36.1 Å². The zero-order valence-electron chi connectivity index (χ0n) is 19.4. The number of ketones is 1. The minimum Gasteiger partial charge on any atom is -0.368 e. The van der Waals surface area contributed by atoms with Crippen molar-refractivity contribution in [3.8, 4) is 0 Å². The molecule has 0 amide bonds. The van der Waals surface area contributed by atoms with Gasteiger partial charge in [0.1, 0.15) is 11.5 Å². The summed E-state index contributed by atoms with van der Waals surface area (Å²) in [5.74, 6) is 1.31. The van der Waals surface area contributed by atoms with Gasteiger partial charge in [0.2, 0.25) is 5.95 Å². The van der Waals surface area contributed by atoms with Crippen molar-refractivity contribution in [2.75, 3.05) is 57.0 Å². The minimum atomic E-state index is 0.115. The lowest BCUT2D eigenvalue weighted by Crippen LogP contribution is -2.43. The number of piperazine rings is 1. The fraction of sp³-hybridized carbons (Fsp3) is 0.500. The third-order valence-corrected chi connectivity index (χ3v) is 6.48. The fourth-order valence-electron chi connectivity index (χ4n) is 4.87. The van der Waals surface area contributed by atoms with E-state index in [4.69, 9.17) is 4.98 Å². The van der Waals surface area contributed by atoms with Crippen LogP contribution in [0.3, 0.4) is 0 Å². The lowest BCUT2D eigenvalue weighted by Gasteiger charge is -2.29. The second-order valence-corrected chi connectivity index (χ2v) is 9.24. The molecular formula is C24H32N8O. The molecule has 5 rings (SSSR count). The molecule has 0 spiro atoms. The Bertz CT molecular complexity index is 1110. The molecule has 9 nitrogen and oxygen atoms in total. The van der Waals surface area contributed by atoms with Crippen molar-refractivity contribution in [1.82, 2.24) is 29.7 Å². The van der Waals surface area contributed by atoms with Crippen molar-refractivity contribution in [2.24, 2.45) is 0 Å². The third kappa shape index (κ3) is 4.69. The van der Waals surface area contributed by atoms with E-state index in [-0.39, 0.29) is 5.78 Å². The number of carbonyl (C=O) groups excluding carboxylic acids is 1. The number of carbonyl (C=O) groups is 1. The standard InChI is InChI=1S/C24H32N8O/c1-30(2)16-21(33)20-13-17-14-27-24(29-23(17)32(20)18-5-3-4-6-18)28-22-8-7-19(15-26-22)31-11-9-25-10-12-31/h7-8,13-15,18,25H,3-6,9-12,16H2,1-2H3,(H,26,27,28,29). The van der Waals surface area contributed by atoms with Gasteiger partial charge >= 0.3 is 0 Å². The summed E-state index contributed by atoms with van der Waals surface area (Å²) in [6, 6.07) is 6.30. The van der Waals surface area contributed by atoms with Crippen LogP contribution in [0.4, 0.5) is 17.5 Å². The van der Waals surface area contributed by atoms with Crippen LogP contribution < -0.4 is 15.5 Å². The van der Waals surface area contributed by atoms with Gasteiger partial charge in [-0.2, -0.15) is 4.98 Å². The van der Waals surface area contributed by atoms with Crippen molar-refractivity contribution in [3.05, 3.63) is 36.3 Å². The van der Waals surface area contributed by atoms with Crippen LogP contribution in [-0.2, 0) is 0 Å². The normalized spacial score (nSPS) is 17.2. The number of fused-ring (bicyclic) bond motifs is 1. The first-order valence-electron chi connectivity index (χ1n) is 11.8. The quantitative estimate of drug-likeness (QED) is 0.533. The molecule has 1 saturated heterocycles. The van der Waals surface area contributed by atoms with Gasteiger partial charge in [-0.3, -0.25) is 4.79 Å². The molecule has 1 aliphatic heterocycles. The second-order valence-electron chi connectivity index (χ2n) is 9.24. The average molecular weight is 449 g/mol. The highest BCUT2D eigenvalue weighted by atomic mass is 16.1. The van der Waals surface area contributed by atoms with E-state index < -0.39 is 0 Å². The Morgan fingerprint density at radius 2 is 1.94 bits per heavy atom. The topological polar surface area (TPSA) is 91.2 Å². The maximum Gasteiger partial charge on any atom is 0.230 e. The molecule has 1 saturated carbocycles. The fourth-order valence-corrected chi connectivity index (χ4v) is 4.87. The molecule has 3 aromatic rings. The van der Waals surface area contributed by atoms with E-state index in [1.807, 2.05) is 37.3 Å². The van der Waals surface area contributed by atoms with E-state index in [1.54, 1.807) is 6.20 Å². The van der Waals surface area contributed by atoms with Gasteiger partial charge in [-0.05, 0) is 45.1 Å². The Kier molecular flexibility index (Phi) is 6.24. The van der Waals surface area contributed by atoms with Gasteiger partial charge < -0.3 is 25.0 Å². The first-order chi connectivity index (χ1) is 16.1. The molecule has 0 unspecified atom stereocenters. The van der Waals surface area contributed by atoms with Gasteiger partial charge in [0, 0.05) is 43.8 Å². The Balaban J connectivity index is 1.42. The van der Waals surface area contributed by atoms with Crippen LogP contribution in [0.5, 0.6) is 0 Å². The molecule has 0 bridgehead atoms. The van der Waals surface area contributed by atoms with E-state index >= 15 is 0 Å². The van der Waals surface area contributed by atoms with Crippen LogP contribution in [0.15, 0.2) is 30.6 Å². The highest BCUT2D eigenvalue weighted by Gasteiger charge is 2.26. The number of likely N-dealkylation sites (N-methyl/N-ethyl adjacent to an activating group) is 1. The molecule has 3 aromatic heterocycles. The molecule has 2 N–H and O–H groups in total. The van der Waals surface area contributed by atoms with Crippen molar-refractivity contribution >= 4 is 34.3 Å². The molecule has 174 valence electrons. The van der Waals surface area contributed by atoms with Gasteiger partial charge in [-0.1, -0.05) is 12.8 Å². The minimum absolute atomic E-state index is 0.115. The lowest BCUT2D eigenvalue weighted by molar-refractivity contribution is 0.0947. The Morgan fingerprint density at radius 3 is 2.64 bits per heavy atom. The zero-order chi connectivity index (χ0) is 22.8. The van der Waals surface area contributed by atoms with Crippen LogP contribution in [0, 0.1) is 0 Å². The monoisotopic (exact) mass is 448 g/mol. The summed E-state index contributed by atoms with van der Waals surface area (Å²) >= 11 is 0. The van der Waals surface area contributed by atoms with Crippen molar-refractivity contribution in [1.29, 1.82) is 0 Å². The Morgan fingerprint density at radius 1 is 1.15 bits per heavy atom. The van der Waals surface area contributed by atoms with Crippen LogP contribution >= 0.6 is 0 Å². The number of hydrogen-bond donors (Lipinski definition) is 2. The maximum atomic E-state index is 13.0. The molecule has 0 aromatic carbocycles. The van der Waals surface area contributed by atoms with Gasteiger partial charge in [0.15, 0.2) is 5.78 Å². The largest absolute Gasteiger partial charge is 0.368 e. The number of nitrogens with one attached hydrogen (secondary N) is 2. The Hall–Kier alpha value is -3.04. The zero-order valence-corrected chi connectivity index (χ0v) is 19.4. The number of pyridine rings is 1. The summed E-state index contributed by atoms with van der Waals surface area (Å²) in [6.07, 6.45) is 8.22. The van der Waals surface area contributed by atoms with E-state index in [0.29, 0.717) is 24.4 Å². The average Bonchev–Trinajstić information content (AvgIpc) is 3.47. The summed E-state index contributed by atoms with van der Waals surface area (Å²) in [5, 5.41) is 7.51. The number of hydrogen-bond acceptors (Lipinski definition) is 8. The van der Waals surface area contributed by atoms with Crippen molar-refractivity contribution in [3.63, 3.8) is 0 Å². The van der Waals surface area contributed by atoms with E-state index in [1.165, 1.54) is 12.8 Å². The van der Waals surface area contributed by atoms with Crippen molar-refractivity contribution in [2.45, 2.75) is 31.7 Å². The number of aromatic nitrogens is 4. The second kappa shape index (κ2) is 9.44. The van der Waals surface area contributed by atoms with Crippen LogP contribution in [0.2, 0.25) is 0 Å². The first-order valence-corrected chi connectivity index (χ1v) is 11.8. The van der Waals surface area contributed by atoms with E-state index in [0.717, 1.165) is 61.4 Å². The molecule has 4 heterocycles. The molecular weight excluding hydrogens is 416 g/mol. The molecule has 2 aliphatic rings. The summed E-state index contributed by atoms with van der Waals surface area (Å²) in [7, 11) is 3.84. The van der Waals surface area contributed by atoms with Crippen LogP contribution in [0.25, 0.3) is 11.0 Å². The summed E-state index contributed by atoms with van der Waals surface area (Å²) < 4.78 is 2.15. The summed E-state index contributed by atoms with van der Waals surface area (Å²) in [4.78, 5) is 31.1. The molecule has 1 aliphatic carbocycles. The van der Waals surface area contributed by atoms with Gasteiger partial charge in [0.05, 0.1) is 24.1 Å². The SMILES string of the molecule is CN(C)CC(=O)c1cc2cnc(Nc3ccc(N4CCNCC4)cn3)nc2n1C1CCCC1. The maximum absolute atomic E-state index is 13.0. The highest BCUT2D eigenvalue weighted by Crippen LogP contribution is 2.34. The number of anilines is 3. The third-order valence-electron chi connectivity index (χ3n) is 6.48. The molecule has 33 heavy (non-hydrogen) atoms. The molecule has 9 heteroatoms. The lowest BCUT2D eigenvalue weighted by atomic mass is 10.2. The first kappa shape index (κ1) is 21.8. The predicted octanol–water partition coefficient (Wildman–Crippen LogP) is 2.84. The Labute approximate surface area is 194 Å². The van der Waals surface area contributed by atoms with Crippen LogP contribution in [0.1, 0.15) is 42.2 Å². The molecule has 0 radical (unpaired) electrons. The smallest absolute Gasteiger partial charge is 0.230 e. The van der Waals surface area contributed by atoms with Crippen molar-refractivity contribution < 1.29 is 4.79 Å². The van der Waals surface area contributed by atoms with Gasteiger partial charge in [-0.15, -0.1) is 0 Å². The number of Topliss-reactive ketones (excluding diaryl/α,β-unsaturated/α-hetero) is 1.